The maximum absolute atomic E-state index is 12.4. The van der Waals surface area contributed by atoms with Gasteiger partial charge in [-0.15, -0.1) is 0 Å². The second-order valence-electron chi connectivity index (χ2n) is 7.09. The molecule has 1 N–H and O–H groups in total. The first-order valence-electron chi connectivity index (χ1n) is 10.0. The molecule has 4 rings (SSSR count). The van der Waals surface area contributed by atoms with Gasteiger partial charge in [-0.3, -0.25) is 9.59 Å². The molecule has 1 fully saturated rings. The number of methoxy groups -OCH3 is 1. The van der Waals surface area contributed by atoms with E-state index in [-0.39, 0.29) is 17.6 Å². The molecule has 8 heteroatoms. The van der Waals surface area contributed by atoms with E-state index in [0.717, 1.165) is 30.1 Å². The Hall–Kier alpha value is -3.10. The molecule has 0 saturated carbocycles. The van der Waals surface area contributed by atoms with Gasteiger partial charge in [-0.2, -0.15) is 9.78 Å². The summed E-state index contributed by atoms with van der Waals surface area (Å²) < 4.78 is 12.0. The zero-order chi connectivity index (χ0) is 21.6. The van der Waals surface area contributed by atoms with Crippen molar-refractivity contribution in [1.29, 1.82) is 0 Å². The quantitative estimate of drug-likeness (QED) is 0.611. The number of nitrogens with one attached hydrogen (secondary N) is 1. The van der Waals surface area contributed by atoms with E-state index in [4.69, 9.17) is 9.47 Å². The van der Waals surface area contributed by atoms with E-state index in [9.17, 15) is 9.59 Å². The van der Waals surface area contributed by atoms with E-state index in [1.165, 1.54) is 22.5 Å². The normalized spacial score (nSPS) is 15.6. The van der Waals surface area contributed by atoms with Gasteiger partial charge in [0.25, 0.3) is 11.5 Å². The fraction of sp³-hybridized carbons (Fsp3) is 0.261. The van der Waals surface area contributed by atoms with Crippen LogP contribution in [0.5, 0.6) is 5.75 Å². The van der Waals surface area contributed by atoms with Crippen LogP contribution in [0.15, 0.2) is 75.4 Å². The van der Waals surface area contributed by atoms with Gasteiger partial charge in [0.1, 0.15) is 10.8 Å². The second-order valence-corrected chi connectivity index (χ2v) is 8.18. The molecule has 160 valence electrons. The minimum absolute atomic E-state index is 0.0944. The van der Waals surface area contributed by atoms with Crippen molar-refractivity contribution in [2.24, 2.45) is 0 Å². The Labute approximate surface area is 184 Å². The largest absolute Gasteiger partial charge is 0.497 e. The van der Waals surface area contributed by atoms with Crippen molar-refractivity contribution < 1.29 is 14.3 Å². The molecule has 3 aromatic rings. The summed E-state index contributed by atoms with van der Waals surface area (Å²) >= 11 is 1.45. The van der Waals surface area contributed by atoms with Crippen molar-refractivity contribution in [3.8, 4) is 11.4 Å². The number of benzene rings is 2. The van der Waals surface area contributed by atoms with Gasteiger partial charge in [0.2, 0.25) is 0 Å². The average Bonchev–Trinajstić information content (AvgIpc) is 3.33. The Balaban J connectivity index is 1.46. The molecule has 1 atom stereocenters. The van der Waals surface area contributed by atoms with Crippen molar-refractivity contribution >= 4 is 17.7 Å². The van der Waals surface area contributed by atoms with Crippen molar-refractivity contribution in [2.45, 2.75) is 28.9 Å². The SMILES string of the molecule is COc1ccc(Sc2ccc(=O)n(-c3ccc(C(=O)NC[C@H]4CCCO4)cc3)n2)cc1. The zero-order valence-electron chi connectivity index (χ0n) is 17.1. The summed E-state index contributed by atoms with van der Waals surface area (Å²) in [6, 6.07) is 17.6. The number of nitrogens with zero attached hydrogens (tertiary/aromatic N) is 2. The number of hydrogen-bond acceptors (Lipinski definition) is 6. The molecule has 0 radical (unpaired) electrons. The molecule has 0 spiro atoms. The Bertz CT molecular complexity index is 1090. The summed E-state index contributed by atoms with van der Waals surface area (Å²) in [7, 11) is 1.62. The molecule has 1 saturated heterocycles. The van der Waals surface area contributed by atoms with Crippen LogP contribution in [0.2, 0.25) is 0 Å². The molecule has 1 amide bonds. The van der Waals surface area contributed by atoms with Crippen molar-refractivity contribution in [1.82, 2.24) is 15.1 Å². The molecule has 1 aliphatic rings. The lowest BCUT2D eigenvalue weighted by Gasteiger charge is -2.11. The Morgan fingerprint density at radius 3 is 2.61 bits per heavy atom. The van der Waals surface area contributed by atoms with E-state index in [2.05, 4.69) is 10.4 Å². The number of carbonyl (C=O) groups excluding carboxylic acids is 1. The Morgan fingerprint density at radius 1 is 1.16 bits per heavy atom. The summed E-state index contributed by atoms with van der Waals surface area (Å²) in [4.78, 5) is 25.7. The second kappa shape index (κ2) is 9.80. The molecule has 31 heavy (non-hydrogen) atoms. The van der Waals surface area contributed by atoms with Gasteiger partial charge in [0, 0.05) is 29.7 Å². The maximum Gasteiger partial charge on any atom is 0.271 e. The molecular formula is C23H23N3O4S. The highest BCUT2D eigenvalue weighted by Crippen LogP contribution is 2.27. The van der Waals surface area contributed by atoms with E-state index in [1.807, 2.05) is 24.3 Å². The summed E-state index contributed by atoms with van der Waals surface area (Å²) in [5, 5.41) is 8.04. The van der Waals surface area contributed by atoms with Crippen molar-refractivity contribution in [3.05, 3.63) is 76.6 Å². The predicted octanol–water partition coefficient (Wildman–Crippen LogP) is 3.30. The van der Waals surface area contributed by atoms with Gasteiger partial charge >= 0.3 is 0 Å². The first-order valence-corrected chi connectivity index (χ1v) is 10.9. The van der Waals surface area contributed by atoms with Crippen LogP contribution in [0.25, 0.3) is 5.69 Å². The third-order valence-corrected chi connectivity index (χ3v) is 5.88. The number of amides is 1. The van der Waals surface area contributed by atoms with Crippen LogP contribution in [-0.2, 0) is 4.74 Å². The van der Waals surface area contributed by atoms with Crippen LogP contribution in [-0.4, -0.2) is 42.1 Å². The smallest absolute Gasteiger partial charge is 0.271 e. The van der Waals surface area contributed by atoms with E-state index >= 15 is 0 Å². The Morgan fingerprint density at radius 2 is 1.94 bits per heavy atom. The lowest BCUT2D eigenvalue weighted by Crippen LogP contribution is -2.31. The number of ether oxygens (including phenoxy) is 2. The molecule has 0 bridgehead atoms. The molecule has 2 aromatic carbocycles. The van der Waals surface area contributed by atoms with Gasteiger partial charge in [-0.25, -0.2) is 0 Å². The van der Waals surface area contributed by atoms with Crippen LogP contribution < -0.4 is 15.6 Å². The van der Waals surface area contributed by atoms with Crippen LogP contribution in [0.1, 0.15) is 23.2 Å². The average molecular weight is 438 g/mol. The molecule has 7 nitrogen and oxygen atoms in total. The number of hydrogen-bond donors (Lipinski definition) is 1. The van der Waals surface area contributed by atoms with Gasteiger partial charge in [0.05, 0.1) is 18.9 Å². The summed E-state index contributed by atoms with van der Waals surface area (Å²) in [6.45, 7) is 1.26. The number of aromatic nitrogens is 2. The highest BCUT2D eigenvalue weighted by molar-refractivity contribution is 7.99. The number of rotatable bonds is 7. The highest BCUT2D eigenvalue weighted by atomic mass is 32.2. The summed E-state index contributed by atoms with van der Waals surface area (Å²) in [5.41, 5.74) is 0.881. The van der Waals surface area contributed by atoms with Crippen LogP contribution in [0, 0.1) is 0 Å². The van der Waals surface area contributed by atoms with E-state index in [1.54, 1.807) is 37.4 Å². The van der Waals surface area contributed by atoms with Crippen LogP contribution in [0.4, 0.5) is 0 Å². The van der Waals surface area contributed by atoms with E-state index < -0.39 is 0 Å². The minimum Gasteiger partial charge on any atom is -0.497 e. The van der Waals surface area contributed by atoms with Crippen LogP contribution in [0.3, 0.4) is 0 Å². The maximum atomic E-state index is 12.4. The molecule has 0 unspecified atom stereocenters. The van der Waals surface area contributed by atoms with Gasteiger partial charge in [0.15, 0.2) is 0 Å². The van der Waals surface area contributed by atoms with Crippen molar-refractivity contribution in [3.63, 3.8) is 0 Å². The molecule has 1 aromatic heterocycles. The predicted molar refractivity (Wildman–Crippen MR) is 118 cm³/mol. The fourth-order valence-electron chi connectivity index (χ4n) is 3.27. The molecular weight excluding hydrogens is 414 g/mol. The first kappa shape index (κ1) is 21.1. The molecule has 1 aliphatic heterocycles. The fourth-order valence-corrected chi connectivity index (χ4v) is 4.04. The highest BCUT2D eigenvalue weighted by Gasteiger charge is 2.16. The molecule has 0 aliphatic carbocycles. The van der Waals surface area contributed by atoms with Gasteiger partial charge < -0.3 is 14.8 Å². The zero-order valence-corrected chi connectivity index (χ0v) is 17.9. The number of carbonyl (C=O) groups is 1. The standard InChI is InChI=1S/C23H23N3O4S/c1-29-18-8-10-20(11-9-18)31-21-12-13-22(27)26(25-21)17-6-4-16(5-7-17)23(28)24-15-19-3-2-14-30-19/h4-13,19H,2-3,14-15H2,1H3,(H,24,28)/t19-/m1/s1. The third-order valence-electron chi connectivity index (χ3n) is 4.95. The Kier molecular flexibility index (Phi) is 6.69. The van der Waals surface area contributed by atoms with Gasteiger partial charge in [-0.1, -0.05) is 11.8 Å². The van der Waals surface area contributed by atoms with E-state index in [0.29, 0.717) is 22.8 Å². The van der Waals surface area contributed by atoms with Crippen LogP contribution >= 0.6 is 11.8 Å². The van der Waals surface area contributed by atoms with Crippen molar-refractivity contribution in [2.75, 3.05) is 20.3 Å². The lowest BCUT2D eigenvalue weighted by atomic mass is 10.2. The third kappa shape index (κ3) is 5.34. The summed E-state index contributed by atoms with van der Waals surface area (Å²) in [6.07, 6.45) is 2.10. The van der Waals surface area contributed by atoms with Gasteiger partial charge in [-0.05, 0) is 67.4 Å². The topological polar surface area (TPSA) is 82.5 Å². The first-order chi connectivity index (χ1) is 15.1. The monoisotopic (exact) mass is 437 g/mol. The lowest BCUT2D eigenvalue weighted by molar-refractivity contribution is 0.0858. The minimum atomic E-state index is -0.241. The summed E-state index contributed by atoms with van der Waals surface area (Å²) in [5.74, 6) is 0.619. The molecule has 2 heterocycles.